The number of thiol groups is 1. The van der Waals surface area contributed by atoms with Crippen molar-refractivity contribution in [2.24, 2.45) is 0 Å². The van der Waals surface area contributed by atoms with Crippen molar-refractivity contribution in [3.63, 3.8) is 0 Å². The van der Waals surface area contributed by atoms with Gasteiger partial charge in [-0.2, -0.15) is 12.6 Å². The lowest BCUT2D eigenvalue weighted by Gasteiger charge is -2.05. The molecule has 0 N–H and O–H groups in total. The number of nitrogens with zero attached hydrogens (tertiary/aromatic N) is 2. The summed E-state index contributed by atoms with van der Waals surface area (Å²) in [5, 5.41) is 10.5. The van der Waals surface area contributed by atoms with Gasteiger partial charge in [0.1, 0.15) is 0 Å². The molecule has 0 fully saturated rings. The first-order chi connectivity index (χ1) is 7.04. The minimum Gasteiger partial charge on any atom is -0.344 e. The van der Waals surface area contributed by atoms with Crippen molar-refractivity contribution in [1.29, 1.82) is 0 Å². The van der Waals surface area contributed by atoms with Crippen LogP contribution in [0.1, 0.15) is 0 Å². The lowest BCUT2D eigenvalue weighted by Crippen LogP contribution is -2.11. The van der Waals surface area contributed by atoms with Crippen molar-refractivity contribution in [2.45, 2.75) is 6.54 Å². The number of hydrogen-bond donors (Lipinski definition) is 1. The van der Waals surface area contributed by atoms with Gasteiger partial charge < -0.3 is 4.57 Å². The van der Waals surface area contributed by atoms with Crippen molar-refractivity contribution in [2.75, 3.05) is 5.75 Å². The van der Waals surface area contributed by atoms with E-state index in [2.05, 4.69) is 19.2 Å². The molecule has 0 spiro atoms. The van der Waals surface area contributed by atoms with Crippen LogP contribution >= 0.6 is 12.6 Å². The minimum atomic E-state index is -0.692. The average molecular weight is 226 g/mol. The average Bonchev–Trinajstić information content (AvgIpc) is 2.20. The molecule has 0 aliphatic heterocycles. The summed E-state index contributed by atoms with van der Waals surface area (Å²) in [6, 6.07) is 1.17. The van der Waals surface area contributed by atoms with Gasteiger partial charge >= 0.3 is 5.69 Å². The van der Waals surface area contributed by atoms with Crippen LogP contribution < -0.4 is 5.43 Å². The van der Waals surface area contributed by atoms with E-state index in [1.165, 1.54) is 23.0 Å². The van der Waals surface area contributed by atoms with Crippen molar-refractivity contribution in [3.8, 4) is 0 Å². The lowest BCUT2D eigenvalue weighted by molar-refractivity contribution is -0.386. The molecule has 1 rings (SSSR count). The maximum Gasteiger partial charge on any atom is 0.332 e. The maximum atomic E-state index is 11.1. The molecule has 1 aromatic heterocycles. The van der Waals surface area contributed by atoms with Gasteiger partial charge in [-0.15, -0.1) is 0 Å². The number of aromatic nitrogens is 1. The molecule has 0 bridgehead atoms. The molecule has 0 amide bonds. The molecule has 0 aromatic carbocycles. The molecule has 0 radical (unpaired) electrons. The molecule has 1 heterocycles. The minimum absolute atomic E-state index is 0.421. The van der Waals surface area contributed by atoms with Crippen LogP contribution in [-0.2, 0) is 6.54 Å². The second kappa shape index (κ2) is 4.79. The molecule has 15 heavy (non-hydrogen) atoms. The van der Waals surface area contributed by atoms with Crippen molar-refractivity contribution in [1.82, 2.24) is 4.57 Å². The first-order valence-electron chi connectivity index (χ1n) is 4.16. The molecule has 0 aliphatic rings. The topological polar surface area (TPSA) is 65.1 Å². The molecule has 0 aliphatic carbocycles. The Morgan fingerprint density at radius 2 is 2.33 bits per heavy atom. The van der Waals surface area contributed by atoms with Gasteiger partial charge in [-0.25, -0.2) is 0 Å². The van der Waals surface area contributed by atoms with Gasteiger partial charge in [0, 0.05) is 24.6 Å². The Labute approximate surface area is 91.6 Å². The summed E-state index contributed by atoms with van der Waals surface area (Å²) in [7, 11) is 0. The third-order valence-electron chi connectivity index (χ3n) is 1.78. The largest absolute Gasteiger partial charge is 0.344 e. The standard InChI is InChI=1S/C9H10N2O3S/c1-7(6-15)4-10-3-2-9(12)8(5-10)11(13)14/h2-3,5,15H,1,4,6H2. The van der Waals surface area contributed by atoms with Crippen molar-refractivity contribution < 1.29 is 4.92 Å². The second-order valence-corrected chi connectivity index (χ2v) is 3.35. The van der Waals surface area contributed by atoms with Crippen LogP contribution in [0.4, 0.5) is 5.69 Å². The molecular weight excluding hydrogens is 216 g/mol. The van der Waals surface area contributed by atoms with Gasteiger partial charge in [0.15, 0.2) is 0 Å². The molecule has 1 aromatic rings. The highest BCUT2D eigenvalue weighted by atomic mass is 32.1. The first kappa shape index (κ1) is 11.5. The van der Waals surface area contributed by atoms with E-state index in [1.54, 1.807) is 0 Å². The molecule has 6 heteroatoms. The van der Waals surface area contributed by atoms with Crippen molar-refractivity contribution in [3.05, 3.63) is 50.9 Å². The number of pyridine rings is 1. The Bertz CT molecular complexity index is 453. The molecule has 5 nitrogen and oxygen atoms in total. The van der Waals surface area contributed by atoms with E-state index in [1.807, 2.05) is 0 Å². The predicted octanol–water partition coefficient (Wildman–Crippen LogP) is 1.24. The zero-order chi connectivity index (χ0) is 11.4. The monoisotopic (exact) mass is 226 g/mol. The Hall–Kier alpha value is -1.56. The summed E-state index contributed by atoms with van der Waals surface area (Å²) >= 11 is 4.02. The predicted molar refractivity (Wildman–Crippen MR) is 60.3 cm³/mol. The summed E-state index contributed by atoms with van der Waals surface area (Å²) in [4.78, 5) is 20.9. The lowest BCUT2D eigenvalue weighted by atomic mass is 10.3. The van der Waals surface area contributed by atoms with E-state index in [0.29, 0.717) is 12.3 Å². The molecule has 0 saturated carbocycles. The Morgan fingerprint density at radius 1 is 1.67 bits per heavy atom. The van der Waals surface area contributed by atoms with E-state index < -0.39 is 16.0 Å². The third-order valence-corrected chi connectivity index (χ3v) is 2.23. The van der Waals surface area contributed by atoms with Gasteiger partial charge in [0.2, 0.25) is 0 Å². The number of rotatable bonds is 4. The summed E-state index contributed by atoms with van der Waals surface area (Å²) in [5.74, 6) is 0.500. The SMILES string of the molecule is C=C(CS)Cn1ccc(=O)c([N+](=O)[O-])c1. The van der Waals surface area contributed by atoms with Crippen LogP contribution in [0.5, 0.6) is 0 Å². The van der Waals surface area contributed by atoms with Gasteiger partial charge in [0.05, 0.1) is 11.1 Å². The summed E-state index contributed by atoms with van der Waals surface area (Å²) in [6.07, 6.45) is 2.70. The van der Waals surface area contributed by atoms with Crippen molar-refractivity contribution >= 4 is 18.3 Å². The van der Waals surface area contributed by atoms with Gasteiger partial charge in [-0.3, -0.25) is 14.9 Å². The summed E-state index contributed by atoms with van der Waals surface area (Å²) in [5.41, 5.74) is -0.200. The van der Waals surface area contributed by atoms with E-state index in [9.17, 15) is 14.9 Å². The van der Waals surface area contributed by atoms with Crippen LogP contribution in [0.3, 0.4) is 0 Å². The highest BCUT2D eigenvalue weighted by Crippen LogP contribution is 2.05. The zero-order valence-electron chi connectivity index (χ0n) is 7.92. The third kappa shape index (κ3) is 2.95. The van der Waals surface area contributed by atoms with Gasteiger partial charge in [-0.05, 0) is 5.57 Å². The summed E-state index contributed by atoms with van der Waals surface area (Å²) in [6.45, 7) is 4.14. The first-order valence-corrected chi connectivity index (χ1v) is 4.80. The van der Waals surface area contributed by atoms with E-state index in [0.717, 1.165) is 5.57 Å². The molecular formula is C9H10N2O3S. The fraction of sp³-hybridized carbons (Fsp3) is 0.222. The highest BCUT2D eigenvalue weighted by molar-refractivity contribution is 7.80. The number of nitro groups is 1. The zero-order valence-corrected chi connectivity index (χ0v) is 8.81. The van der Waals surface area contributed by atoms with E-state index >= 15 is 0 Å². The number of hydrogen-bond acceptors (Lipinski definition) is 4. The van der Waals surface area contributed by atoms with Crippen LogP contribution in [0.25, 0.3) is 0 Å². The van der Waals surface area contributed by atoms with Crippen LogP contribution in [-0.4, -0.2) is 15.2 Å². The normalized spacial score (nSPS) is 9.93. The van der Waals surface area contributed by atoms with Gasteiger partial charge in [-0.1, -0.05) is 6.58 Å². The molecule has 0 atom stereocenters. The molecule has 0 unspecified atom stereocenters. The quantitative estimate of drug-likeness (QED) is 0.363. The Morgan fingerprint density at radius 3 is 2.87 bits per heavy atom. The Balaban J connectivity index is 3.03. The fourth-order valence-electron chi connectivity index (χ4n) is 1.06. The molecule has 80 valence electrons. The van der Waals surface area contributed by atoms with E-state index in [4.69, 9.17) is 0 Å². The maximum absolute atomic E-state index is 11.1. The Kier molecular flexibility index (Phi) is 3.68. The summed E-state index contributed by atoms with van der Waals surface area (Å²) < 4.78 is 1.54. The fourth-order valence-corrected chi connectivity index (χ4v) is 1.16. The van der Waals surface area contributed by atoms with Crippen LogP contribution in [0, 0.1) is 10.1 Å². The van der Waals surface area contributed by atoms with Crippen LogP contribution in [0.15, 0.2) is 35.4 Å². The highest BCUT2D eigenvalue weighted by Gasteiger charge is 2.11. The smallest absolute Gasteiger partial charge is 0.332 e. The van der Waals surface area contributed by atoms with E-state index in [-0.39, 0.29) is 0 Å². The van der Waals surface area contributed by atoms with Gasteiger partial charge in [0.25, 0.3) is 5.43 Å². The molecule has 0 saturated heterocycles. The van der Waals surface area contributed by atoms with Crippen LogP contribution in [0.2, 0.25) is 0 Å². The second-order valence-electron chi connectivity index (χ2n) is 3.03.